The van der Waals surface area contributed by atoms with Gasteiger partial charge in [0.1, 0.15) is 10.5 Å². The number of primary amides is 1. The Balaban J connectivity index is 2.13. The molecule has 0 spiro atoms. The molecular formula is C13H21N3OS. The van der Waals surface area contributed by atoms with Gasteiger partial charge in [-0.1, -0.05) is 25.7 Å². The van der Waals surface area contributed by atoms with Crippen LogP contribution in [-0.4, -0.2) is 16.9 Å². The number of carbonyl (C=O) groups excluding carboxylic acids is 1. The molecule has 0 aliphatic heterocycles. The fraction of sp³-hybridized carbons (Fsp3) is 0.692. The molecule has 1 aromatic heterocycles. The van der Waals surface area contributed by atoms with Crippen molar-refractivity contribution in [2.24, 2.45) is 5.73 Å². The lowest BCUT2D eigenvalue weighted by molar-refractivity contribution is -0.124. The van der Waals surface area contributed by atoms with Gasteiger partial charge in [-0.3, -0.25) is 10.1 Å². The summed E-state index contributed by atoms with van der Waals surface area (Å²) in [5.41, 5.74) is 4.75. The normalized spacial score (nSPS) is 21.2. The SMILES string of the molecule is CC(NC1CCCCCC1)(C(N)=O)c1nccs1. The molecule has 1 heterocycles. The molecular weight excluding hydrogens is 246 g/mol. The van der Waals surface area contributed by atoms with E-state index < -0.39 is 5.54 Å². The summed E-state index contributed by atoms with van der Waals surface area (Å²) >= 11 is 1.48. The van der Waals surface area contributed by atoms with Crippen molar-refractivity contribution in [2.45, 2.75) is 57.0 Å². The molecule has 5 heteroatoms. The van der Waals surface area contributed by atoms with Gasteiger partial charge in [-0.05, 0) is 19.8 Å². The molecule has 1 amide bonds. The van der Waals surface area contributed by atoms with Gasteiger partial charge in [0, 0.05) is 17.6 Å². The maximum absolute atomic E-state index is 11.8. The summed E-state index contributed by atoms with van der Waals surface area (Å²) in [6.45, 7) is 1.85. The number of amides is 1. The van der Waals surface area contributed by atoms with Crippen LogP contribution in [0.1, 0.15) is 50.5 Å². The first-order valence-electron chi connectivity index (χ1n) is 6.60. The summed E-state index contributed by atoms with van der Waals surface area (Å²) < 4.78 is 0. The van der Waals surface area contributed by atoms with Crippen LogP contribution in [0.5, 0.6) is 0 Å². The van der Waals surface area contributed by atoms with Crippen LogP contribution < -0.4 is 11.1 Å². The predicted molar refractivity (Wildman–Crippen MR) is 73.3 cm³/mol. The minimum atomic E-state index is -0.830. The number of hydrogen-bond acceptors (Lipinski definition) is 4. The Morgan fingerprint density at radius 2 is 2.11 bits per heavy atom. The summed E-state index contributed by atoms with van der Waals surface area (Å²) in [7, 11) is 0. The van der Waals surface area contributed by atoms with Crippen molar-refractivity contribution in [2.75, 3.05) is 0 Å². The molecule has 18 heavy (non-hydrogen) atoms. The highest BCUT2D eigenvalue weighted by Crippen LogP contribution is 2.26. The van der Waals surface area contributed by atoms with Crippen molar-refractivity contribution >= 4 is 17.2 Å². The molecule has 0 aromatic carbocycles. The zero-order chi connectivity index (χ0) is 13.0. The lowest BCUT2D eigenvalue weighted by Crippen LogP contribution is -2.54. The molecule has 0 bridgehead atoms. The molecule has 0 saturated heterocycles. The van der Waals surface area contributed by atoms with Gasteiger partial charge >= 0.3 is 0 Å². The fourth-order valence-electron chi connectivity index (χ4n) is 2.54. The number of rotatable bonds is 4. The summed E-state index contributed by atoms with van der Waals surface area (Å²) in [4.78, 5) is 16.1. The first kappa shape index (κ1) is 13.5. The average Bonchev–Trinajstić information content (AvgIpc) is 2.76. The number of thiazole rings is 1. The molecule has 3 N–H and O–H groups in total. The number of nitrogens with one attached hydrogen (secondary N) is 1. The van der Waals surface area contributed by atoms with E-state index in [4.69, 9.17) is 5.73 Å². The topological polar surface area (TPSA) is 68.0 Å². The van der Waals surface area contributed by atoms with Crippen molar-refractivity contribution in [1.82, 2.24) is 10.3 Å². The monoisotopic (exact) mass is 267 g/mol. The van der Waals surface area contributed by atoms with Crippen molar-refractivity contribution in [3.8, 4) is 0 Å². The van der Waals surface area contributed by atoms with Crippen molar-refractivity contribution in [1.29, 1.82) is 0 Å². The minimum Gasteiger partial charge on any atom is -0.368 e. The van der Waals surface area contributed by atoms with E-state index >= 15 is 0 Å². The van der Waals surface area contributed by atoms with E-state index in [1.807, 2.05) is 12.3 Å². The molecule has 0 radical (unpaired) electrons. The van der Waals surface area contributed by atoms with Crippen LogP contribution in [0, 0.1) is 0 Å². The zero-order valence-electron chi connectivity index (χ0n) is 10.8. The van der Waals surface area contributed by atoms with E-state index in [2.05, 4.69) is 10.3 Å². The third-order valence-corrected chi connectivity index (χ3v) is 4.70. The van der Waals surface area contributed by atoms with Gasteiger partial charge in [0.2, 0.25) is 5.91 Å². The lowest BCUT2D eigenvalue weighted by Gasteiger charge is -2.30. The quantitative estimate of drug-likeness (QED) is 0.821. The summed E-state index contributed by atoms with van der Waals surface area (Å²) in [6.07, 6.45) is 9.00. The molecule has 1 aliphatic carbocycles. The van der Waals surface area contributed by atoms with E-state index in [0.29, 0.717) is 6.04 Å². The Hall–Kier alpha value is -0.940. The molecule has 1 unspecified atom stereocenters. The van der Waals surface area contributed by atoms with Crippen LogP contribution in [0.4, 0.5) is 0 Å². The second-order valence-corrected chi connectivity index (χ2v) is 6.05. The van der Waals surface area contributed by atoms with Crippen molar-refractivity contribution in [3.63, 3.8) is 0 Å². The van der Waals surface area contributed by atoms with Crippen molar-refractivity contribution in [3.05, 3.63) is 16.6 Å². The first-order valence-corrected chi connectivity index (χ1v) is 7.48. The van der Waals surface area contributed by atoms with Gasteiger partial charge in [-0.2, -0.15) is 0 Å². The number of aromatic nitrogens is 1. The van der Waals surface area contributed by atoms with Gasteiger partial charge in [0.15, 0.2) is 0 Å². The molecule has 4 nitrogen and oxygen atoms in total. The Morgan fingerprint density at radius 1 is 1.44 bits per heavy atom. The van der Waals surface area contributed by atoms with Crippen LogP contribution >= 0.6 is 11.3 Å². The van der Waals surface area contributed by atoms with Crippen LogP contribution in [0.2, 0.25) is 0 Å². The highest BCUT2D eigenvalue weighted by molar-refractivity contribution is 7.09. The smallest absolute Gasteiger partial charge is 0.244 e. The highest BCUT2D eigenvalue weighted by Gasteiger charge is 2.37. The Morgan fingerprint density at radius 3 is 2.61 bits per heavy atom. The van der Waals surface area contributed by atoms with Gasteiger partial charge < -0.3 is 5.73 Å². The number of nitrogens with zero attached hydrogens (tertiary/aromatic N) is 1. The van der Waals surface area contributed by atoms with Gasteiger partial charge in [0.05, 0.1) is 0 Å². The third kappa shape index (κ3) is 2.90. The second-order valence-electron chi connectivity index (χ2n) is 5.16. The van der Waals surface area contributed by atoms with E-state index in [1.54, 1.807) is 6.20 Å². The molecule has 1 aliphatic rings. The highest BCUT2D eigenvalue weighted by atomic mass is 32.1. The van der Waals surface area contributed by atoms with E-state index in [-0.39, 0.29) is 5.91 Å². The molecule has 1 aromatic rings. The second kappa shape index (κ2) is 5.80. The number of nitrogens with two attached hydrogens (primary N) is 1. The zero-order valence-corrected chi connectivity index (χ0v) is 11.6. The minimum absolute atomic E-state index is 0.346. The van der Waals surface area contributed by atoms with Crippen LogP contribution in [0.15, 0.2) is 11.6 Å². The Kier molecular flexibility index (Phi) is 4.35. The Labute approximate surface area is 112 Å². The number of carbonyl (C=O) groups is 1. The van der Waals surface area contributed by atoms with E-state index in [0.717, 1.165) is 17.8 Å². The van der Waals surface area contributed by atoms with E-state index in [1.165, 1.54) is 37.0 Å². The lowest BCUT2D eigenvalue weighted by atomic mass is 9.98. The molecule has 1 saturated carbocycles. The molecule has 2 rings (SSSR count). The van der Waals surface area contributed by atoms with E-state index in [9.17, 15) is 4.79 Å². The first-order chi connectivity index (χ1) is 8.63. The predicted octanol–water partition coefficient (Wildman–Crippen LogP) is 2.16. The Bertz CT molecular complexity index is 385. The summed E-state index contributed by atoms with van der Waals surface area (Å²) in [5, 5.41) is 6.09. The number of hydrogen-bond donors (Lipinski definition) is 2. The van der Waals surface area contributed by atoms with Gasteiger partial charge in [-0.25, -0.2) is 4.98 Å². The van der Waals surface area contributed by atoms with Crippen LogP contribution in [0.3, 0.4) is 0 Å². The summed E-state index contributed by atoms with van der Waals surface area (Å²) in [5.74, 6) is -0.346. The molecule has 1 fully saturated rings. The van der Waals surface area contributed by atoms with Crippen LogP contribution in [0.25, 0.3) is 0 Å². The third-order valence-electron chi connectivity index (χ3n) is 3.70. The maximum Gasteiger partial charge on any atom is 0.244 e. The maximum atomic E-state index is 11.8. The van der Waals surface area contributed by atoms with Crippen LogP contribution in [-0.2, 0) is 10.3 Å². The van der Waals surface area contributed by atoms with Crippen molar-refractivity contribution < 1.29 is 4.79 Å². The molecule has 1 atom stereocenters. The fourth-order valence-corrected chi connectivity index (χ4v) is 3.31. The standard InChI is InChI=1S/C13H21N3OS/c1-13(11(14)17,12-15-8-9-18-12)16-10-6-4-2-3-5-7-10/h8-10,16H,2-7H2,1H3,(H2,14,17). The van der Waals surface area contributed by atoms with Gasteiger partial charge in [0.25, 0.3) is 0 Å². The average molecular weight is 267 g/mol. The largest absolute Gasteiger partial charge is 0.368 e. The summed E-state index contributed by atoms with van der Waals surface area (Å²) in [6, 6.07) is 0.369. The molecule has 100 valence electrons. The van der Waals surface area contributed by atoms with Gasteiger partial charge in [-0.15, -0.1) is 11.3 Å².